The average Bonchev–Trinajstić information content (AvgIpc) is 3.51. The van der Waals surface area contributed by atoms with Crippen LogP contribution in [0, 0.1) is 42.4 Å². The van der Waals surface area contributed by atoms with Crippen molar-refractivity contribution in [3.05, 3.63) is 47.5 Å². The molecule has 5 aliphatic rings. The summed E-state index contributed by atoms with van der Waals surface area (Å²) in [5, 5.41) is 0. The van der Waals surface area contributed by atoms with Crippen LogP contribution in [-0.4, -0.2) is 40.6 Å². The molecule has 2 bridgehead atoms. The molecular weight excluding hydrogens is 382 g/mol. The lowest BCUT2D eigenvalue weighted by Crippen LogP contribution is -2.46. The topological polar surface area (TPSA) is 80.8 Å². The minimum atomic E-state index is -1.04. The number of carbonyl (C=O) groups excluding carboxylic acids is 4. The maximum absolute atomic E-state index is 13.1. The Bertz CT molecular complexity index is 944. The highest BCUT2D eigenvalue weighted by molar-refractivity contribution is 6.09. The van der Waals surface area contributed by atoms with Crippen molar-refractivity contribution in [2.75, 3.05) is 0 Å². The average molecular weight is 407 g/mol. The van der Waals surface area contributed by atoms with E-state index in [1.807, 2.05) is 19.1 Å². The van der Waals surface area contributed by atoms with Crippen LogP contribution in [0.1, 0.15) is 36.2 Å². The first-order valence-electron chi connectivity index (χ1n) is 10.7. The number of hydrogen-bond donors (Lipinski definition) is 0. The van der Waals surface area contributed by atoms with Gasteiger partial charge in [-0.25, -0.2) is 4.79 Å². The molecule has 6 heteroatoms. The molecule has 1 aliphatic heterocycles. The number of amides is 2. The van der Waals surface area contributed by atoms with Crippen molar-refractivity contribution in [1.29, 1.82) is 0 Å². The Labute approximate surface area is 175 Å². The molecule has 0 N–H and O–H groups in total. The minimum Gasteiger partial charge on any atom is -0.453 e. The second-order valence-corrected chi connectivity index (χ2v) is 9.19. The number of nitrogens with zero attached hydrogens (tertiary/aromatic N) is 1. The molecule has 4 aliphatic carbocycles. The van der Waals surface area contributed by atoms with Gasteiger partial charge in [0.2, 0.25) is 17.6 Å². The Balaban J connectivity index is 1.29. The largest absolute Gasteiger partial charge is 0.453 e. The van der Waals surface area contributed by atoms with Crippen LogP contribution in [0.25, 0.3) is 0 Å². The summed E-state index contributed by atoms with van der Waals surface area (Å²) in [4.78, 5) is 52.6. The van der Waals surface area contributed by atoms with Gasteiger partial charge in [-0.3, -0.25) is 19.3 Å². The predicted molar refractivity (Wildman–Crippen MR) is 107 cm³/mol. The van der Waals surface area contributed by atoms with E-state index in [1.54, 1.807) is 12.1 Å². The first-order chi connectivity index (χ1) is 14.3. The highest BCUT2D eigenvalue weighted by Crippen LogP contribution is 2.65. The number of Topliss-reactive ketones (excluding diaryl/α,β-unsaturated/α-hetero) is 1. The maximum atomic E-state index is 13.1. The van der Waals surface area contributed by atoms with E-state index >= 15 is 0 Å². The van der Waals surface area contributed by atoms with Gasteiger partial charge in [-0.15, -0.1) is 0 Å². The smallest absolute Gasteiger partial charge is 0.329 e. The third-order valence-corrected chi connectivity index (χ3v) is 7.42. The molecule has 30 heavy (non-hydrogen) atoms. The van der Waals surface area contributed by atoms with Gasteiger partial charge in [-0.2, -0.15) is 0 Å². The summed E-state index contributed by atoms with van der Waals surface area (Å²) in [5.74, 6) is -1.04. The van der Waals surface area contributed by atoms with Gasteiger partial charge >= 0.3 is 5.97 Å². The molecule has 1 aromatic rings. The van der Waals surface area contributed by atoms with Crippen LogP contribution in [-0.2, 0) is 19.1 Å². The summed E-state index contributed by atoms with van der Waals surface area (Å²) in [7, 11) is 0. The van der Waals surface area contributed by atoms with E-state index < -0.39 is 18.1 Å². The molecule has 0 spiro atoms. The number of rotatable bonds is 5. The van der Waals surface area contributed by atoms with Crippen LogP contribution in [0.2, 0.25) is 0 Å². The van der Waals surface area contributed by atoms with Gasteiger partial charge in [0.25, 0.3) is 0 Å². The van der Waals surface area contributed by atoms with Crippen LogP contribution >= 0.6 is 0 Å². The number of likely N-dealkylation sites (tertiary alicyclic amines) is 1. The van der Waals surface area contributed by atoms with Crippen LogP contribution in [0.15, 0.2) is 36.4 Å². The molecule has 0 radical (unpaired) electrons. The standard InChI is InChI=1S/C24H25NO5/c1-11-4-6-14(7-5-11)21(26)13(3)30-24(29)12(2)25-22(27)19-15-8-9-16(18-10-17(15)18)20(19)23(25)28/h4-9,12-13,15-20H,10H2,1-3H3/t12-,13+,15-,16-,17-,18-,19-,20+/m1/s1. The van der Waals surface area contributed by atoms with Crippen molar-refractivity contribution >= 4 is 23.6 Å². The van der Waals surface area contributed by atoms with Gasteiger partial charge in [0.1, 0.15) is 6.04 Å². The summed E-state index contributed by atoms with van der Waals surface area (Å²) in [6.07, 6.45) is 4.29. The van der Waals surface area contributed by atoms with E-state index in [-0.39, 0.29) is 41.3 Å². The van der Waals surface area contributed by atoms with Crippen molar-refractivity contribution in [2.24, 2.45) is 35.5 Å². The fraction of sp³-hybridized carbons (Fsp3) is 0.500. The minimum absolute atomic E-state index is 0.108. The number of allylic oxidation sites excluding steroid dienone is 2. The van der Waals surface area contributed by atoms with Gasteiger partial charge in [0.15, 0.2) is 6.10 Å². The molecule has 0 aromatic heterocycles. The molecule has 2 amide bonds. The van der Waals surface area contributed by atoms with Gasteiger partial charge < -0.3 is 4.74 Å². The van der Waals surface area contributed by atoms with Gasteiger partial charge in [0.05, 0.1) is 11.8 Å². The number of ether oxygens (including phenoxy) is 1. The molecule has 1 aromatic carbocycles. The lowest BCUT2D eigenvalue weighted by Gasteiger charge is -2.37. The zero-order valence-electron chi connectivity index (χ0n) is 17.3. The molecule has 6 nitrogen and oxygen atoms in total. The SMILES string of the molecule is Cc1ccc(C(=O)[C@H](C)OC(=O)[C@@H](C)N2C(=O)[C@@H]3[C@@H]4C=C[C@H]([C@H]5C[C@H]45)[C@@H]3C2=O)cc1. The van der Waals surface area contributed by atoms with E-state index in [4.69, 9.17) is 4.74 Å². The predicted octanol–water partition coefficient (Wildman–Crippen LogP) is 2.55. The van der Waals surface area contributed by atoms with Crippen LogP contribution in [0.3, 0.4) is 0 Å². The zero-order chi connectivity index (χ0) is 21.3. The normalized spacial score (nSPS) is 35.0. The van der Waals surface area contributed by atoms with Gasteiger partial charge in [-0.05, 0) is 50.9 Å². The van der Waals surface area contributed by atoms with E-state index in [1.165, 1.54) is 13.8 Å². The Morgan fingerprint density at radius 1 is 0.967 bits per heavy atom. The van der Waals surface area contributed by atoms with Gasteiger partial charge in [0, 0.05) is 5.56 Å². The van der Waals surface area contributed by atoms with Crippen molar-refractivity contribution < 1.29 is 23.9 Å². The number of hydrogen-bond acceptors (Lipinski definition) is 5. The van der Waals surface area contributed by atoms with Crippen LogP contribution in [0.5, 0.6) is 0 Å². The number of aryl methyl sites for hydroxylation is 1. The number of ketones is 1. The van der Waals surface area contributed by atoms with Crippen molar-refractivity contribution in [2.45, 2.75) is 39.3 Å². The third kappa shape index (κ3) is 2.69. The fourth-order valence-corrected chi connectivity index (χ4v) is 5.75. The van der Waals surface area contributed by atoms with E-state index in [0.717, 1.165) is 16.9 Å². The van der Waals surface area contributed by atoms with Gasteiger partial charge in [-0.1, -0.05) is 42.0 Å². The number of imide groups is 1. The maximum Gasteiger partial charge on any atom is 0.329 e. The van der Waals surface area contributed by atoms with Crippen molar-refractivity contribution in [3.63, 3.8) is 0 Å². The Morgan fingerprint density at radius 3 is 2.03 bits per heavy atom. The molecular formula is C24H25NO5. The first kappa shape index (κ1) is 19.2. The second-order valence-electron chi connectivity index (χ2n) is 9.19. The van der Waals surface area contributed by atoms with E-state index in [0.29, 0.717) is 17.4 Å². The first-order valence-corrected chi connectivity index (χ1v) is 10.7. The fourth-order valence-electron chi connectivity index (χ4n) is 5.75. The summed E-state index contributed by atoms with van der Waals surface area (Å²) >= 11 is 0. The van der Waals surface area contributed by atoms with Crippen LogP contribution in [0.4, 0.5) is 0 Å². The molecule has 0 unspecified atom stereocenters. The number of benzene rings is 1. The Kier molecular flexibility index (Phi) is 4.24. The molecule has 2 saturated carbocycles. The molecule has 156 valence electrons. The molecule has 1 saturated heterocycles. The van der Waals surface area contributed by atoms with E-state index in [2.05, 4.69) is 12.2 Å². The molecule has 3 fully saturated rings. The van der Waals surface area contributed by atoms with E-state index in [9.17, 15) is 19.2 Å². The quantitative estimate of drug-likeness (QED) is 0.324. The number of carbonyl (C=O) groups is 4. The highest BCUT2D eigenvalue weighted by Gasteiger charge is 2.67. The summed E-state index contributed by atoms with van der Waals surface area (Å²) in [6, 6.07) is 5.98. The van der Waals surface area contributed by atoms with Crippen molar-refractivity contribution in [1.82, 2.24) is 4.90 Å². The third-order valence-electron chi connectivity index (χ3n) is 7.42. The van der Waals surface area contributed by atoms with Crippen molar-refractivity contribution in [3.8, 4) is 0 Å². The molecule has 8 atom stereocenters. The number of esters is 1. The summed E-state index contributed by atoms with van der Waals surface area (Å²) < 4.78 is 5.37. The monoisotopic (exact) mass is 407 g/mol. The molecule has 1 heterocycles. The van der Waals surface area contributed by atoms with Crippen LogP contribution < -0.4 is 0 Å². The highest BCUT2D eigenvalue weighted by atomic mass is 16.5. The lowest BCUT2D eigenvalue weighted by molar-refractivity contribution is -0.160. The Hall–Kier alpha value is -2.76. The zero-order valence-corrected chi connectivity index (χ0v) is 17.3. The summed E-state index contributed by atoms with van der Waals surface area (Å²) in [6.45, 7) is 4.94. The summed E-state index contributed by atoms with van der Waals surface area (Å²) in [5.41, 5.74) is 1.48. The second kappa shape index (κ2) is 6.62. The molecule has 6 rings (SSSR count). The Morgan fingerprint density at radius 2 is 1.50 bits per heavy atom. The lowest BCUT2D eigenvalue weighted by atomic mass is 9.63.